The molecule has 4 nitrogen and oxygen atoms in total. The molecule has 1 aromatic carbocycles. The second-order valence-electron chi connectivity index (χ2n) is 5.21. The number of hydrogen-bond acceptors (Lipinski definition) is 4. The number of nitrogens with one attached hydrogen (secondary N) is 1. The van der Waals surface area contributed by atoms with Crippen molar-refractivity contribution >= 4 is 23.7 Å². The van der Waals surface area contributed by atoms with Crippen molar-refractivity contribution in [1.82, 2.24) is 4.98 Å². The summed E-state index contributed by atoms with van der Waals surface area (Å²) < 4.78 is 5.55. The molecule has 2 aromatic rings. The Morgan fingerprint density at radius 3 is 3.05 bits per heavy atom. The molecule has 0 fully saturated rings. The summed E-state index contributed by atoms with van der Waals surface area (Å²) in [5.41, 5.74) is 8.33. The lowest BCUT2D eigenvalue weighted by molar-refractivity contribution is 0.336. The average Bonchev–Trinajstić information content (AvgIpc) is 2.78. The summed E-state index contributed by atoms with van der Waals surface area (Å²) in [5.74, 6) is 0.850. The smallest absolute Gasteiger partial charge is 0.304 e. The monoisotopic (exact) mass is 326 g/mol. The van der Waals surface area contributed by atoms with Crippen LogP contribution in [0.3, 0.4) is 0 Å². The first-order valence-corrected chi connectivity index (χ1v) is 7.65. The van der Waals surface area contributed by atoms with Crippen LogP contribution in [0.2, 0.25) is 0 Å². The molecule has 1 aromatic heterocycles. The van der Waals surface area contributed by atoms with Gasteiger partial charge in [-0.2, -0.15) is 0 Å². The molecular weight excluding hydrogens is 308 g/mol. The van der Waals surface area contributed by atoms with E-state index in [1.807, 2.05) is 31.2 Å². The zero-order valence-electron chi connectivity index (χ0n) is 11.8. The molecule has 0 saturated heterocycles. The van der Waals surface area contributed by atoms with Crippen LogP contribution in [0.5, 0.6) is 5.75 Å². The van der Waals surface area contributed by atoms with Gasteiger partial charge in [0.05, 0.1) is 6.61 Å². The molecule has 1 aliphatic rings. The average molecular weight is 327 g/mol. The molecule has 1 atom stereocenters. The number of aromatic amines is 1. The molecule has 0 spiro atoms. The van der Waals surface area contributed by atoms with Crippen molar-refractivity contribution in [2.24, 2.45) is 5.73 Å². The molecule has 0 saturated carbocycles. The van der Waals surface area contributed by atoms with E-state index < -0.39 is 5.54 Å². The number of nitrogens with two attached hydrogens (primary N) is 1. The number of fused-ring (bicyclic) bond motifs is 1. The van der Waals surface area contributed by atoms with Gasteiger partial charge in [-0.3, -0.25) is 4.79 Å². The van der Waals surface area contributed by atoms with E-state index in [1.54, 1.807) is 0 Å². The number of aromatic nitrogens is 1. The Morgan fingerprint density at radius 2 is 2.29 bits per heavy atom. The molecule has 3 N–H and O–H groups in total. The Morgan fingerprint density at radius 1 is 1.48 bits per heavy atom. The molecule has 0 bridgehead atoms. The van der Waals surface area contributed by atoms with Gasteiger partial charge >= 0.3 is 4.87 Å². The van der Waals surface area contributed by atoms with Gasteiger partial charge in [-0.05, 0) is 37.5 Å². The molecule has 6 heteroatoms. The predicted octanol–water partition coefficient (Wildman–Crippen LogP) is 2.60. The highest BCUT2D eigenvalue weighted by Crippen LogP contribution is 2.35. The Kier molecular flexibility index (Phi) is 4.76. The van der Waals surface area contributed by atoms with Crippen LogP contribution >= 0.6 is 23.7 Å². The lowest BCUT2D eigenvalue weighted by Gasteiger charge is -2.33. The van der Waals surface area contributed by atoms with Crippen molar-refractivity contribution in [1.29, 1.82) is 0 Å². The highest BCUT2D eigenvalue weighted by molar-refractivity contribution is 7.09. The third kappa shape index (κ3) is 3.15. The largest absolute Gasteiger partial charge is 0.494 e. The van der Waals surface area contributed by atoms with Crippen molar-refractivity contribution in [2.45, 2.75) is 31.7 Å². The molecule has 3 rings (SSSR count). The Balaban J connectivity index is 0.00000161. The van der Waals surface area contributed by atoms with Gasteiger partial charge in [-0.1, -0.05) is 23.5 Å². The van der Waals surface area contributed by atoms with Crippen LogP contribution in [0.25, 0.3) is 0 Å². The Labute approximate surface area is 133 Å². The van der Waals surface area contributed by atoms with Gasteiger partial charge in [0.25, 0.3) is 0 Å². The summed E-state index contributed by atoms with van der Waals surface area (Å²) >= 11 is 1.28. The predicted molar refractivity (Wildman–Crippen MR) is 87.7 cm³/mol. The minimum atomic E-state index is -0.411. The Hall–Kier alpha value is -1.30. The first-order chi connectivity index (χ1) is 9.60. The van der Waals surface area contributed by atoms with Gasteiger partial charge in [0.15, 0.2) is 0 Å². The zero-order valence-corrected chi connectivity index (χ0v) is 13.5. The molecular formula is C15H19ClN2O2S. The van der Waals surface area contributed by atoms with Crippen molar-refractivity contribution in [3.05, 3.63) is 50.1 Å². The third-order valence-electron chi connectivity index (χ3n) is 3.82. The van der Waals surface area contributed by atoms with E-state index in [4.69, 9.17) is 10.5 Å². The minimum absolute atomic E-state index is 0. The van der Waals surface area contributed by atoms with E-state index in [0.717, 1.165) is 34.7 Å². The van der Waals surface area contributed by atoms with Crippen LogP contribution in [0, 0.1) is 0 Å². The van der Waals surface area contributed by atoms with E-state index in [1.165, 1.54) is 11.3 Å². The van der Waals surface area contributed by atoms with Crippen LogP contribution in [-0.2, 0) is 18.4 Å². The molecule has 1 aliphatic carbocycles. The van der Waals surface area contributed by atoms with Crippen molar-refractivity contribution in [3.8, 4) is 5.75 Å². The summed E-state index contributed by atoms with van der Waals surface area (Å²) in [6.45, 7) is 2.61. The Bertz CT molecular complexity index is 682. The molecule has 0 radical (unpaired) electrons. The standard InChI is InChI=1S/C15H18N2O2S.ClH/c1-2-19-11-5-3-4-10(8-11)15(16)7-6-12-13(9-15)20-14(18)17-12;/h3-5,8H,2,6-7,9,16H2,1H3,(H,17,18);1H. The van der Waals surface area contributed by atoms with Crippen LogP contribution in [-0.4, -0.2) is 11.6 Å². The summed E-state index contributed by atoms with van der Waals surface area (Å²) in [5, 5.41) is 0. The SMILES string of the molecule is CCOc1cccc(C2(N)CCc3[nH]c(=O)sc3C2)c1.Cl. The van der Waals surface area contributed by atoms with Gasteiger partial charge in [-0.15, -0.1) is 12.4 Å². The van der Waals surface area contributed by atoms with Gasteiger partial charge in [-0.25, -0.2) is 0 Å². The van der Waals surface area contributed by atoms with Crippen molar-refractivity contribution in [2.75, 3.05) is 6.61 Å². The lowest BCUT2D eigenvalue weighted by atomic mass is 9.78. The molecule has 1 heterocycles. The number of halogens is 1. The minimum Gasteiger partial charge on any atom is -0.494 e. The second-order valence-corrected chi connectivity index (χ2v) is 6.28. The molecule has 1 unspecified atom stereocenters. The zero-order chi connectivity index (χ0) is 14.2. The maximum absolute atomic E-state index is 11.4. The van der Waals surface area contributed by atoms with Crippen LogP contribution in [0.15, 0.2) is 29.1 Å². The molecule has 114 valence electrons. The number of ether oxygens (including phenoxy) is 1. The number of thiazole rings is 1. The number of hydrogen-bond donors (Lipinski definition) is 2. The van der Waals surface area contributed by atoms with Gasteiger partial charge < -0.3 is 15.5 Å². The summed E-state index contributed by atoms with van der Waals surface area (Å²) in [6.07, 6.45) is 2.37. The van der Waals surface area contributed by atoms with Crippen molar-refractivity contribution < 1.29 is 4.74 Å². The fourth-order valence-electron chi connectivity index (χ4n) is 2.77. The summed E-state index contributed by atoms with van der Waals surface area (Å²) in [4.78, 5) is 15.5. The lowest BCUT2D eigenvalue weighted by Crippen LogP contribution is -2.41. The van der Waals surface area contributed by atoms with Gasteiger partial charge in [0, 0.05) is 22.5 Å². The molecule has 21 heavy (non-hydrogen) atoms. The van der Waals surface area contributed by atoms with Gasteiger partial charge in [0.2, 0.25) is 0 Å². The summed E-state index contributed by atoms with van der Waals surface area (Å²) in [7, 11) is 0. The quantitative estimate of drug-likeness (QED) is 0.911. The first-order valence-electron chi connectivity index (χ1n) is 6.84. The van der Waals surface area contributed by atoms with E-state index >= 15 is 0 Å². The normalized spacial score (nSPS) is 20.5. The number of aryl methyl sites for hydroxylation is 1. The maximum Gasteiger partial charge on any atom is 0.304 e. The fourth-order valence-corrected chi connectivity index (χ4v) is 3.77. The molecule has 0 amide bonds. The van der Waals surface area contributed by atoms with Crippen molar-refractivity contribution in [3.63, 3.8) is 0 Å². The van der Waals surface area contributed by atoms with E-state index in [0.29, 0.717) is 13.0 Å². The highest BCUT2D eigenvalue weighted by atomic mass is 35.5. The van der Waals surface area contributed by atoms with Gasteiger partial charge in [0.1, 0.15) is 5.75 Å². The third-order valence-corrected chi connectivity index (χ3v) is 4.75. The van der Waals surface area contributed by atoms with E-state index in [9.17, 15) is 4.79 Å². The second kappa shape index (κ2) is 6.22. The topological polar surface area (TPSA) is 68.1 Å². The van der Waals surface area contributed by atoms with Crippen LogP contribution < -0.4 is 15.3 Å². The maximum atomic E-state index is 11.4. The molecule has 0 aliphatic heterocycles. The van der Waals surface area contributed by atoms with E-state index in [2.05, 4.69) is 4.98 Å². The summed E-state index contributed by atoms with van der Waals surface area (Å²) in [6, 6.07) is 7.98. The van der Waals surface area contributed by atoms with E-state index in [-0.39, 0.29) is 17.3 Å². The first kappa shape index (κ1) is 16.1. The number of rotatable bonds is 3. The number of H-pyrrole nitrogens is 1. The number of benzene rings is 1. The fraction of sp³-hybridized carbons (Fsp3) is 0.400. The highest BCUT2D eigenvalue weighted by Gasteiger charge is 2.34. The van der Waals surface area contributed by atoms with Crippen LogP contribution in [0.4, 0.5) is 0 Å². The van der Waals surface area contributed by atoms with Crippen LogP contribution in [0.1, 0.15) is 29.5 Å².